The molecule has 0 bridgehead atoms. The summed E-state index contributed by atoms with van der Waals surface area (Å²) in [6.07, 6.45) is 1.75. The van der Waals surface area contributed by atoms with Gasteiger partial charge in [0.25, 0.3) is 0 Å². The number of aliphatic hydroxyl groups excluding tert-OH is 1. The van der Waals surface area contributed by atoms with Crippen molar-refractivity contribution < 1.29 is 9.50 Å². The Morgan fingerprint density at radius 3 is 2.47 bits per heavy atom. The molecule has 94 valence electrons. The van der Waals surface area contributed by atoms with Crippen molar-refractivity contribution in [3.63, 3.8) is 0 Å². The number of hydrogen-bond acceptors (Lipinski definition) is 2. The zero-order valence-corrected chi connectivity index (χ0v) is 10.7. The van der Waals surface area contributed by atoms with E-state index in [-0.39, 0.29) is 18.0 Å². The number of halogens is 1. The van der Waals surface area contributed by atoms with Crippen molar-refractivity contribution in [3.8, 4) is 0 Å². The molecule has 0 aliphatic rings. The molecule has 1 aromatic rings. The second kappa shape index (κ2) is 5.32. The van der Waals surface area contributed by atoms with Gasteiger partial charge in [-0.05, 0) is 38.5 Å². The molecule has 0 aliphatic carbocycles. The molecule has 0 saturated carbocycles. The molecule has 0 spiro atoms. The van der Waals surface area contributed by atoms with Gasteiger partial charge in [-0.3, -0.25) is 0 Å². The Bertz CT molecular complexity index is 396. The van der Waals surface area contributed by atoms with Gasteiger partial charge in [0, 0.05) is 12.1 Å². The first kappa shape index (κ1) is 13.7. The van der Waals surface area contributed by atoms with Gasteiger partial charge >= 0.3 is 0 Å². The maximum atomic E-state index is 14.0. The van der Waals surface area contributed by atoms with Crippen LogP contribution in [0.1, 0.15) is 26.3 Å². The van der Waals surface area contributed by atoms with Gasteiger partial charge in [-0.25, -0.2) is 4.39 Å². The molecule has 0 radical (unpaired) electrons. The molecule has 0 saturated heterocycles. The number of aliphatic hydroxyl groups is 1. The fourth-order valence-electron chi connectivity index (χ4n) is 1.73. The Labute approximate surface area is 102 Å². The zero-order valence-electron chi connectivity index (χ0n) is 10.7. The van der Waals surface area contributed by atoms with Crippen LogP contribution in [-0.4, -0.2) is 17.2 Å². The summed E-state index contributed by atoms with van der Waals surface area (Å²) >= 11 is 0. The fourth-order valence-corrected chi connectivity index (χ4v) is 1.73. The summed E-state index contributed by atoms with van der Waals surface area (Å²) in [4.78, 5) is 1.94. The van der Waals surface area contributed by atoms with Crippen LogP contribution in [0.4, 0.5) is 10.1 Å². The van der Waals surface area contributed by atoms with Gasteiger partial charge in [-0.1, -0.05) is 12.1 Å². The Morgan fingerprint density at radius 2 is 2.06 bits per heavy atom. The van der Waals surface area contributed by atoms with Gasteiger partial charge < -0.3 is 10.0 Å². The van der Waals surface area contributed by atoms with E-state index >= 15 is 0 Å². The number of anilines is 1. The normalized spacial score (nSPS) is 11.4. The molecule has 0 heterocycles. The molecule has 0 unspecified atom stereocenters. The van der Waals surface area contributed by atoms with Crippen molar-refractivity contribution in [2.45, 2.75) is 32.9 Å². The van der Waals surface area contributed by atoms with Crippen LogP contribution in [0, 0.1) is 5.82 Å². The topological polar surface area (TPSA) is 23.5 Å². The van der Waals surface area contributed by atoms with Crippen molar-refractivity contribution in [2.75, 3.05) is 11.4 Å². The van der Waals surface area contributed by atoms with Crippen LogP contribution in [0.5, 0.6) is 0 Å². The smallest absolute Gasteiger partial charge is 0.146 e. The van der Waals surface area contributed by atoms with Gasteiger partial charge in [0.15, 0.2) is 0 Å². The number of benzene rings is 1. The van der Waals surface area contributed by atoms with E-state index in [0.29, 0.717) is 17.8 Å². The Morgan fingerprint density at radius 1 is 1.41 bits per heavy atom. The van der Waals surface area contributed by atoms with Crippen molar-refractivity contribution in [1.82, 2.24) is 0 Å². The van der Waals surface area contributed by atoms with E-state index < -0.39 is 0 Å². The average molecular weight is 237 g/mol. The predicted octanol–water partition coefficient (Wildman–Crippen LogP) is 3.11. The molecule has 0 atom stereocenters. The SMILES string of the molecule is C=CCN(c1ccc(CO)cc1F)C(C)(C)C. The van der Waals surface area contributed by atoms with Crippen LogP contribution in [0.2, 0.25) is 0 Å². The maximum absolute atomic E-state index is 14.0. The molecular weight excluding hydrogens is 217 g/mol. The third-order valence-electron chi connectivity index (χ3n) is 2.61. The minimum Gasteiger partial charge on any atom is -0.392 e. The minimum absolute atomic E-state index is 0.145. The minimum atomic E-state index is -0.312. The molecule has 0 aliphatic heterocycles. The van der Waals surface area contributed by atoms with Crippen LogP contribution in [-0.2, 0) is 6.61 Å². The largest absolute Gasteiger partial charge is 0.392 e. The predicted molar refractivity (Wildman–Crippen MR) is 69.6 cm³/mol. The third kappa shape index (κ3) is 3.30. The van der Waals surface area contributed by atoms with Gasteiger partial charge in [0.2, 0.25) is 0 Å². The second-order valence-corrected chi connectivity index (χ2v) is 5.01. The number of hydrogen-bond donors (Lipinski definition) is 1. The maximum Gasteiger partial charge on any atom is 0.146 e. The summed E-state index contributed by atoms with van der Waals surface area (Å²) in [6.45, 7) is 10.2. The lowest BCUT2D eigenvalue weighted by Crippen LogP contribution is -2.42. The molecule has 2 nitrogen and oxygen atoms in total. The average Bonchev–Trinajstić information content (AvgIpc) is 2.25. The van der Waals surface area contributed by atoms with E-state index in [1.807, 2.05) is 25.7 Å². The quantitative estimate of drug-likeness (QED) is 0.813. The molecule has 3 heteroatoms. The van der Waals surface area contributed by atoms with E-state index in [0.717, 1.165) is 0 Å². The van der Waals surface area contributed by atoms with Gasteiger partial charge in [-0.2, -0.15) is 0 Å². The monoisotopic (exact) mass is 237 g/mol. The lowest BCUT2D eigenvalue weighted by molar-refractivity contribution is 0.281. The van der Waals surface area contributed by atoms with Crippen molar-refractivity contribution in [3.05, 3.63) is 42.2 Å². The van der Waals surface area contributed by atoms with Gasteiger partial charge in [-0.15, -0.1) is 6.58 Å². The zero-order chi connectivity index (χ0) is 13.1. The van der Waals surface area contributed by atoms with Gasteiger partial charge in [0.05, 0.1) is 12.3 Å². The summed E-state index contributed by atoms with van der Waals surface area (Å²) in [6, 6.07) is 4.81. The molecule has 1 rings (SSSR count). The van der Waals surface area contributed by atoms with Crippen molar-refractivity contribution in [1.29, 1.82) is 0 Å². The summed E-state index contributed by atoms with van der Waals surface area (Å²) in [5, 5.41) is 8.96. The van der Waals surface area contributed by atoms with Crippen molar-refractivity contribution >= 4 is 5.69 Å². The number of rotatable bonds is 4. The lowest BCUT2D eigenvalue weighted by Gasteiger charge is -2.37. The van der Waals surface area contributed by atoms with E-state index in [1.165, 1.54) is 6.07 Å². The first-order valence-electron chi connectivity index (χ1n) is 5.68. The fraction of sp³-hybridized carbons (Fsp3) is 0.429. The molecule has 0 aromatic heterocycles. The molecule has 17 heavy (non-hydrogen) atoms. The van der Waals surface area contributed by atoms with Crippen LogP contribution < -0.4 is 4.90 Å². The van der Waals surface area contributed by atoms with Crippen LogP contribution in [0.3, 0.4) is 0 Å². The first-order valence-corrected chi connectivity index (χ1v) is 5.68. The van der Waals surface area contributed by atoms with Crippen LogP contribution in [0.15, 0.2) is 30.9 Å². The van der Waals surface area contributed by atoms with Crippen LogP contribution >= 0.6 is 0 Å². The summed E-state index contributed by atoms with van der Waals surface area (Å²) in [5.41, 5.74) is 0.934. The Balaban J connectivity index is 3.15. The standard InChI is InChI=1S/C14H20FNO/c1-5-8-16(14(2,3)4)13-7-6-11(10-17)9-12(13)15/h5-7,9,17H,1,8,10H2,2-4H3. The summed E-state index contributed by atoms with van der Waals surface area (Å²) in [7, 11) is 0. The summed E-state index contributed by atoms with van der Waals surface area (Å²) in [5.74, 6) is -0.312. The summed E-state index contributed by atoms with van der Waals surface area (Å²) < 4.78 is 14.0. The highest BCUT2D eigenvalue weighted by molar-refractivity contribution is 5.51. The third-order valence-corrected chi connectivity index (χ3v) is 2.61. The lowest BCUT2D eigenvalue weighted by atomic mass is 10.0. The number of nitrogens with zero attached hydrogens (tertiary/aromatic N) is 1. The van der Waals surface area contributed by atoms with E-state index in [2.05, 4.69) is 6.58 Å². The Kier molecular flexibility index (Phi) is 4.29. The highest BCUT2D eigenvalue weighted by Gasteiger charge is 2.23. The molecule has 0 amide bonds. The molecular formula is C14H20FNO. The molecule has 1 N–H and O–H groups in total. The van der Waals surface area contributed by atoms with Crippen LogP contribution in [0.25, 0.3) is 0 Å². The molecule has 0 fully saturated rings. The van der Waals surface area contributed by atoms with Gasteiger partial charge in [0.1, 0.15) is 5.82 Å². The molecule has 1 aromatic carbocycles. The first-order chi connectivity index (χ1) is 7.90. The highest BCUT2D eigenvalue weighted by Crippen LogP contribution is 2.27. The van der Waals surface area contributed by atoms with E-state index in [9.17, 15) is 4.39 Å². The van der Waals surface area contributed by atoms with E-state index in [4.69, 9.17) is 5.11 Å². The Hall–Kier alpha value is -1.35. The van der Waals surface area contributed by atoms with E-state index in [1.54, 1.807) is 18.2 Å². The second-order valence-electron chi connectivity index (χ2n) is 5.01. The highest BCUT2D eigenvalue weighted by atomic mass is 19.1. The van der Waals surface area contributed by atoms with Crippen molar-refractivity contribution in [2.24, 2.45) is 0 Å².